The van der Waals surface area contributed by atoms with Gasteiger partial charge in [-0.05, 0) is 51.0 Å². The maximum atomic E-state index is 13.3. The maximum absolute atomic E-state index is 13.3. The normalized spacial score (nSPS) is 21.1. The standard InChI is InChI=1S/C22H27N3O2S/c1-4-17(21(26)23-15-11-9-13(2)10-12-15)25-22(27)19-16-7-5-6-8-18(16)28-20(19)14(3)24-25/h5-8,13,15,17H,4,9-12H2,1-3H3,(H,23,26)/t13?,15?,17-/m0/s1. The van der Waals surface area contributed by atoms with Crippen molar-refractivity contribution in [1.29, 1.82) is 0 Å². The van der Waals surface area contributed by atoms with Gasteiger partial charge in [0.25, 0.3) is 5.56 Å². The summed E-state index contributed by atoms with van der Waals surface area (Å²) in [6.07, 6.45) is 4.85. The number of hydrogen-bond donors (Lipinski definition) is 1. The van der Waals surface area contributed by atoms with Crippen LogP contribution in [0.4, 0.5) is 0 Å². The molecule has 148 valence electrons. The van der Waals surface area contributed by atoms with Crippen LogP contribution in [0.15, 0.2) is 29.1 Å². The van der Waals surface area contributed by atoms with Gasteiger partial charge in [0.1, 0.15) is 6.04 Å². The summed E-state index contributed by atoms with van der Waals surface area (Å²) in [5.74, 6) is 0.645. The van der Waals surface area contributed by atoms with E-state index in [0.717, 1.165) is 52.1 Å². The van der Waals surface area contributed by atoms with Crippen LogP contribution >= 0.6 is 11.3 Å². The lowest BCUT2D eigenvalue weighted by molar-refractivity contribution is -0.125. The molecule has 1 saturated carbocycles. The van der Waals surface area contributed by atoms with E-state index >= 15 is 0 Å². The molecule has 0 bridgehead atoms. The van der Waals surface area contributed by atoms with E-state index in [2.05, 4.69) is 17.3 Å². The fourth-order valence-corrected chi connectivity index (χ4v) is 5.40. The summed E-state index contributed by atoms with van der Waals surface area (Å²) in [7, 11) is 0. The third-order valence-electron chi connectivity index (χ3n) is 5.95. The number of aromatic nitrogens is 2. The monoisotopic (exact) mass is 397 g/mol. The number of benzene rings is 1. The summed E-state index contributed by atoms with van der Waals surface area (Å²) < 4.78 is 3.41. The van der Waals surface area contributed by atoms with Crippen molar-refractivity contribution in [3.05, 3.63) is 40.3 Å². The first-order valence-electron chi connectivity index (χ1n) is 10.2. The van der Waals surface area contributed by atoms with Crippen LogP contribution in [-0.4, -0.2) is 21.7 Å². The fraction of sp³-hybridized carbons (Fsp3) is 0.500. The molecule has 0 unspecified atom stereocenters. The first kappa shape index (κ1) is 19.1. The van der Waals surface area contributed by atoms with Gasteiger partial charge >= 0.3 is 0 Å². The number of aryl methyl sites for hydroxylation is 1. The van der Waals surface area contributed by atoms with Gasteiger partial charge in [0.05, 0.1) is 15.8 Å². The number of carbonyl (C=O) groups is 1. The van der Waals surface area contributed by atoms with Crippen molar-refractivity contribution >= 4 is 37.4 Å². The van der Waals surface area contributed by atoms with E-state index in [1.807, 2.05) is 38.1 Å². The average Bonchev–Trinajstić information content (AvgIpc) is 3.08. The molecule has 4 rings (SSSR count). The SMILES string of the molecule is CC[C@@H](C(=O)NC1CCC(C)CC1)n1nc(C)c2sc3ccccc3c2c1=O. The average molecular weight is 398 g/mol. The van der Waals surface area contributed by atoms with Crippen LogP contribution < -0.4 is 10.9 Å². The molecule has 1 fully saturated rings. The van der Waals surface area contributed by atoms with E-state index in [1.165, 1.54) is 4.68 Å². The van der Waals surface area contributed by atoms with Gasteiger partial charge in [-0.3, -0.25) is 9.59 Å². The van der Waals surface area contributed by atoms with Crippen molar-refractivity contribution in [2.75, 3.05) is 0 Å². The third kappa shape index (κ3) is 3.34. The highest BCUT2D eigenvalue weighted by atomic mass is 32.1. The Bertz CT molecular complexity index is 1080. The van der Waals surface area contributed by atoms with E-state index in [-0.39, 0.29) is 17.5 Å². The minimum absolute atomic E-state index is 0.0880. The smallest absolute Gasteiger partial charge is 0.276 e. The predicted octanol–water partition coefficient (Wildman–Crippen LogP) is 4.57. The molecular weight excluding hydrogens is 370 g/mol. The Balaban J connectivity index is 1.72. The molecule has 1 atom stereocenters. The number of rotatable bonds is 4. The second-order valence-corrected chi connectivity index (χ2v) is 9.08. The van der Waals surface area contributed by atoms with Gasteiger partial charge in [-0.1, -0.05) is 32.0 Å². The molecular formula is C22H27N3O2S. The maximum Gasteiger partial charge on any atom is 0.276 e. The van der Waals surface area contributed by atoms with Gasteiger partial charge in [0, 0.05) is 16.1 Å². The lowest BCUT2D eigenvalue weighted by atomic mass is 9.87. The van der Waals surface area contributed by atoms with E-state index in [4.69, 9.17) is 0 Å². The Morgan fingerprint density at radius 1 is 1.29 bits per heavy atom. The highest BCUT2D eigenvalue weighted by Crippen LogP contribution is 2.33. The minimum Gasteiger partial charge on any atom is -0.352 e. The Kier molecular flexibility index (Phi) is 5.23. The van der Waals surface area contributed by atoms with Crippen molar-refractivity contribution in [2.24, 2.45) is 5.92 Å². The van der Waals surface area contributed by atoms with Gasteiger partial charge in [-0.25, -0.2) is 4.68 Å². The van der Waals surface area contributed by atoms with E-state index in [9.17, 15) is 9.59 Å². The van der Waals surface area contributed by atoms with Gasteiger partial charge in [0.15, 0.2) is 0 Å². The molecule has 2 aromatic heterocycles. The van der Waals surface area contributed by atoms with E-state index in [0.29, 0.717) is 11.8 Å². The Hall–Kier alpha value is -2.21. The number of thiophene rings is 1. The van der Waals surface area contributed by atoms with Crippen LogP contribution in [0, 0.1) is 12.8 Å². The molecule has 2 heterocycles. The van der Waals surface area contributed by atoms with E-state index < -0.39 is 6.04 Å². The predicted molar refractivity (Wildman–Crippen MR) is 115 cm³/mol. The summed E-state index contributed by atoms with van der Waals surface area (Å²) in [4.78, 5) is 26.3. The van der Waals surface area contributed by atoms with Gasteiger partial charge in [-0.15, -0.1) is 11.3 Å². The van der Waals surface area contributed by atoms with Gasteiger partial charge in [-0.2, -0.15) is 5.10 Å². The van der Waals surface area contributed by atoms with Gasteiger partial charge in [0.2, 0.25) is 5.91 Å². The van der Waals surface area contributed by atoms with Crippen LogP contribution in [0.25, 0.3) is 20.2 Å². The second kappa shape index (κ2) is 7.66. The summed E-state index contributed by atoms with van der Waals surface area (Å²) in [5.41, 5.74) is 0.630. The zero-order valence-corrected chi connectivity index (χ0v) is 17.5. The lowest BCUT2D eigenvalue weighted by Gasteiger charge is -2.28. The molecule has 0 spiro atoms. The van der Waals surface area contributed by atoms with Crippen molar-refractivity contribution in [3.63, 3.8) is 0 Å². The Labute approximate surface area is 168 Å². The van der Waals surface area contributed by atoms with Crippen LogP contribution in [-0.2, 0) is 4.79 Å². The van der Waals surface area contributed by atoms with E-state index in [1.54, 1.807) is 11.3 Å². The first-order valence-corrected chi connectivity index (χ1v) is 11.0. The fourth-order valence-electron chi connectivity index (χ4n) is 4.26. The molecule has 1 aliphatic rings. The summed E-state index contributed by atoms with van der Waals surface area (Å²) in [6, 6.07) is 7.56. The van der Waals surface area contributed by atoms with Crippen LogP contribution in [0.3, 0.4) is 0 Å². The summed E-state index contributed by atoms with van der Waals surface area (Å²) in [6.45, 7) is 6.12. The van der Waals surface area contributed by atoms with Crippen molar-refractivity contribution in [1.82, 2.24) is 15.1 Å². The van der Waals surface area contributed by atoms with Crippen LogP contribution in [0.2, 0.25) is 0 Å². The molecule has 1 N–H and O–H groups in total. The summed E-state index contributed by atoms with van der Waals surface area (Å²) >= 11 is 1.59. The molecule has 3 aromatic rings. The topological polar surface area (TPSA) is 64.0 Å². The van der Waals surface area contributed by atoms with Crippen LogP contribution in [0.1, 0.15) is 57.7 Å². The first-order chi connectivity index (χ1) is 13.5. The second-order valence-electron chi connectivity index (χ2n) is 8.03. The molecule has 28 heavy (non-hydrogen) atoms. The Morgan fingerprint density at radius 2 is 2.00 bits per heavy atom. The molecule has 1 aromatic carbocycles. The lowest BCUT2D eigenvalue weighted by Crippen LogP contribution is -2.44. The van der Waals surface area contributed by atoms with Gasteiger partial charge < -0.3 is 5.32 Å². The molecule has 0 radical (unpaired) electrons. The molecule has 1 aliphatic carbocycles. The summed E-state index contributed by atoms with van der Waals surface area (Å²) in [5, 5.41) is 9.36. The molecule has 0 saturated heterocycles. The third-order valence-corrected chi connectivity index (χ3v) is 7.23. The highest BCUT2D eigenvalue weighted by molar-refractivity contribution is 7.26. The highest BCUT2D eigenvalue weighted by Gasteiger charge is 2.27. The zero-order chi connectivity index (χ0) is 19.8. The van der Waals surface area contributed by atoms with Crippen molar-refractivity contribution in [2.45, 2.75) is 65.0 Å². The van der Waals surface area contributed by atoms with Crippen LogP contribution in [0.5, 0.6) is 0 Å². The van der Waals surface area contributed by atoms with Crippen molar-refractivity contribution < 1.29 is 4.79 Å². The molecule has 6 heteroatoms. The largest absolute Gasteiger partial charge is 0.352 e. The number of nitrogens with one attached hydrogen (secondary N) is 1. The molecule has 1 amide bonds. The number of fused-ring (bicyclic) bond motifs is 3. The molecule has 0 aliphatic heterocycles. The number of nitrogens with zero attached hydrogens (tertiary/aromatic N) is 2. The minimum atomic E-state index is -0.575. The Morgan fingerprint density at radius 3 is 2.71 bits per heavy atom. The molecule has 5 nitrogen and oxygen atoms in total. The number of hydrogen-bond acceptors (Lipinski definition) is 4. The number of amides is 1. The number of carbonyl (C=O) groups excluding carboxylic acids is 1. The zero-order valence-electron chi connectivity index (χ0n) is 16.7. The quantitative estimate of drug-likeness (QED) is 0.702. The van der Waals surface area contributed by atoms with Crippen molar-refractivity contribution in [3.8, 4) is 0 Å².